The van der Waals surface area contributed by atoms with Crippen LogP contribution in [0.2, 0.25) is 0 Å². The molecule has 3 unspecified atom stereocenters. The highest BCUT2D eigenvalue weighted by Gasteiger charge is 2.61. The van der Waals surface area contributed by atoms with Crippen LogP contribution in [0.15, 0.2) is 0 Å². The van der Waals surface area contributed by atoms with E-state index < -0.39 is 18.0 Å². The molecule has 5 atom stereocenters. The highest BCUT2D eigenvalue weighted by Crippen LogP contribution is 2.68. The van der Waals surface area contributed by atoms with Crippen LogP contribution in [0.4, 0.5) is 0 Å². The Balaban J connectivity index is 1.71. The number of fused-ring (bicyclic) bond motifs is 5. The lowest BCUT2D eigenvalue weighted by Gasteiger charge is -2.61. The highest BCUT2D eigenvalue weighted by molar-refractivity contribution is 5.80. The van der Waals surface area contributed by atoms with Gasteiger partial charge in [-0.25, -0.2) is 4.79 Å². The minimum absolute atomic E-state index is 0.0753. The normalized spacial score (nSPS) is 32.4. The Bertz CT molecular complexity index is 1030. The molecule has 0 heterocycles. The summed E-state index contributed by atoms with van der Waals surface area (Å²) in [6.07, 6.45) is 7.39. The van der Waals surface area contributed by atoms with Gasteiger partial charge in [-0.15, -0.1) is 0 Å². The summed E-state index contributed by atoms with van der Waals surface area (Å²) >= 11 is 0. The van der Waals surface area contributed by atoms with Crippen molar-refractivity contribution in [2.75, 3.05) is 0 Å². The van der Waals surface area contributed by atoms with E-state index in [4.69, 9.17) is 15.6 Å². The quantitative estimate of drug-likeness (QED) is 0.422. The van der Waals surface area contributed by atoms with Gasteiger partial charge in [0.05, 0.1) is 0 Å². The van der Waals surface area contributed by atoms with Crippen molar-refractivity contribution in [3.8, 4) is 5.75 Å². The van der Waals surface area contributed by atoms with Crippen LogP contribution >= 0.6 is 0 Å². The van der Waals surface area contributed by atoms with Crippen molar-refractivity contribution in [3.63, 3.8) is 0 Å². The highest BCUT2D eigenvalue weighted by atomic mass is 16.5. The van der Waals surface area contributed by atoms with Crippen LogP contribution in [0.25, 0.3) is 0 Å². The molecule has 0 saturated heterocycles. The number of carbonyl (C=O) groups is 2. The average molecular weight is 470 g/mol. The van der Waals surface area contributed by atoms with E-state index in [1.54, 1.807) is 0 Å². The number of benzene rings is 1. The van der Waals surface area contributed by atoms with Crippen molar-refractivity contribution >= 4 is 11.9 Å². The van der Waals surface area contributed by atoms with Crippen LogP contribution in [0.1, 0.15) is 100 Å². The molecule has 5 nitrogen and oxygen atoms in total. The largest absolute Gasteiger partial charge is 0.481 e. The minimum Gasteiger partial charge on any atom is -0.481 e. The monoisotopic (exact) mass is 469 g/mol. The zero-order valence-electron chi connectivity index (χ0n) is 22.1. The van der Waals surface area contributed by atoms with E-state index in [-0.39, 0.29) is 18.3 Å². The average Bonchev–Trinajstić information content (AvgIpc) is 3.07. The summed E-state index contributed by atoms with van der Waals surface area (Å²) in [6.45, 7) is 16.3. The van der Waals surface area contributed by atoms with E-state index in [9.17, 15) is 9.59 Å². The molecule has 3 N–H and O–H groups in total. The molecule has 2 saturated carbocycles. The first-order valence-corrected chi connectivity index (χ1v) is 13.1. The molecule has 5 heteroatoms. The minimum atomic E-state index is -0.961. The first kappa shape index (κ1) is 25.2. The van der Waals surface area contributed by atoms with Crippen LogP contribution in [0.3, 0.4) is 0 Å². The van der Waals surface area contributed by atoms with Gasteiger partial charge in [-0.3, -0.25) is 4.79 Å². The topological polar surface area (TPSA) is 89.6 Å². The second-order valence-electron chi connectivity index (χ2n) is 12.6. The first-order valence-electron chi connectivity index (χ1n) is 13.1. The molecule has 4 rings (SSSR count). The summed E-state index contributed by atoms with van der Waals surface area (Å²) in [5, 5.41) is 8.92. The van der Waals surface area contributed by atoms with Crippen molar-refractivity contribution in [1.29, 1.82) is 0 Å². The van der Waals surface area contributed by atoms with Crippen LogP contribution in [0.5, 0.6) is 5.75 Å². The third-order valence-electron chi connectivity index (χ3n) is 10.3. The second-order valence-corrected chi connectivity index (χ2v) is 12.6. The maximum atomic E-state index is 12.7. The number of aliphatic carboxylic acids is 1. The van der Waals surface area contributed by atoms with Crippen LogP contribution in [-0.2, 0) is 21.4 Å². The van der Waals surface area contributed by atoms with Crippen molar-refractivity contribution < 1.29 is 19.4 Å². The number of hydrogen-bond acceptors (Lipinski definition) is 4. The lowest BCUT2D eigenvalue weighted by molar-refractivity contribution is -0.138. The van der Waals surface area contributed by atoms with E-state index in [0.29, 0.717) is 22.5 Å². The molecule has 0 aromatic heterocycles. The van der Waals surface area contributed by atoms with Crippen molar-refractivity contribution in [3.05, 3.63) is 27.8 Å². The van der Waals surface area contributed by atoms with Gasteiger partial charge in [-0.05, 0) is 115 Å². The SMILES string of the molecule is Cc1c(C)c2c(c(C)c1OC(=O)C(N)CCC(=O)O)C[C@H]1C2(C)CCC2C(C)(C)CCC[C@@]21C. The molecule has 0 spiro atoms. The van der Waals surface area contributed by atoms with Crippen LogP contribution in [0, 0.1) is 43.4 Å². The third kappa shape index (κ3) is 3.70. The predicted octanol–water partition coefficient (Wildman–Crippen LogP) is 5.77. The molecule has 0 amide bonds. The van der Waals surface area contributed by atoms with Gasteiger partial charge < -0.3 is 15.6 Å². The summed E-state index contributed by atoms with van der Waals surface area (Å²) in [4.78, 5) is 23.6. The van der Waals surface area contributed by atoms with Crippen molar-refractivity contribution in [1.82, 2.24) is 0 Å². The van der Waals surface area contributed by atoms with Crippen molar-refractivity contribution in [2.24, 2.45) is 28.4 Å². The number of carbonyl (C=O) groups excluding carboxylic acids is 1. The summed E-state index contributed by atoms with van der Waals surface area (Å²) in [6, 6.07) is -0.937. The lowest BCUT2D eigenvalue weighted by Crippen LogP contribution is -2.55. The van der Waals surface area contributed by atoms with E-state index in [1.165, 1.54) is 48.8 Å². The number of nitrogens with two attached hydrogens (primary N) is 1. The Kier molecular flexibility index (Phi) is 6.20. The van der Waals surface area contributed by atoms with E-state index in [1.807, 2.05) is 6.92 Å². The Morgan fingerprint density at radius 2 is 1.71 bits per heavy atom. The molecule has 0 aliphatic heterocycles. The fraction of sp³-hybridized carbons (Fsp3) is 0.724. The maximum Gasteiger partial charge on any atom is 0.328 e. The Labute approximate surface area is 204 Å². The molecular weight excluding hydrogens is 426 g/mol. The Hall–Kier alpha value is -1.88. The molecule has 1 aromatic rings. The van der Waals surface area contributed by atoms with Gasteiger partial charge >= 0.3 is 11.9 Å². The van der Waals surface area contributed by atoms with Gasteiger partial charge in [0.1, 0.15) is 11.8 Å². The smallest absolute Gasteiger partial charge is 0.328 e. The van der Waals surface area contributed by atoms with Gasteiger partial charge in [0, 0.05) is 6.42 Å². The number of hydrogen-bond donors (Lipinski definition) is 2. The predicted molar refractivity (Wildman–Crippen MR) is 134 cm³/mol. The number of rotatable bonds is 5. The number of esters is 1. The first-order chi connectivity index (χ1) is 15.7. The fourth-order valence-corrected chi connectivity index (χ4v) is 8.56. The second kappa shape index (κ2) is 8.36. The van der Waals surface area contributed by atoms with E-state index in [2.05, 4.69) is 41.5 Å². The summed E-state index contributed by atoms with van der Waals surface area (Å²) in [5.41, 5.74) is 13.0. The molecule has 1 aromatic carbocycles. The van der Waals surface area contributed by atoms with Gasteiger partial charge in [0.25, 0.3) is 0 Å². The number of ether oxygens (including phenoxy) is 1. The van der Waals surface area contributed by atoms with Crippen LogP contribution < -0.4 is 10.5 Å². The third-order valence-corrected chi connectivity index (χ3v) is 10.3. The summed E-state index contributed by atoms with van der Waals surface area (Å²) in [5.74, 6) is 0.452. The molecule has 2 fully saturated rings. The molecule has 34 heavy (non-hydrogen) atoms. The summed E-state index contributed by atoms with van der Waals surface area (Å²) in [7, 11) is 0. The summed E-state index contributed by atoms with van der Waals surface area (Å²) < 4.78 is 5.87. The number of carboxylic acids is 1. The lowest BCUT2D eigenvalue weighted by atomic mass is 9.43. The Morgan fingerprint density at radius 1 is 1.03 bits per heavy atom. The molecule has 3 aliphatic carbocycles. The molecule has 188 valence electrons. The van der Waals surface area contributed by atoms with Gasteiger partial charge in [-0.1, -0.05) is 34.1 Å². The molecule has 0 bridgehead atoms. The van der Waals surface area contributed by atoms with Gasteiger partial charge in [0.2, 0.25) is 0 Å². The fourth-order valence-electron chi connectivity index (χ4n) is 8.56. The molecular formula is C29H43NO4. The van der Waals surface area contributed by atoms with Crippen LogP contribution in [-0.4, -0.2) is 23.1 Å². The van der Waals surface area contributed by atoms with Gasteiger partial charge in [0.15, 0.2) is 0 Å². The van der Waals surface area contributed by atoms with E-state index >= 15 is 0 Å². The zero-order valence-corrected chi connectivity index (χ0v) is 22.1. The molecule has 3 aliphatic rings. The molecule has 0 radical (unpaired) electrons. The Morgan fingerprint density at radius 3 is 2.35 bits per heavy atom. The van der Waals surface area contributed by atoms with Crippen molar-refractivity contribution in [2.45, 2.75) is 111 Å². The zero-order chi connectivity index (χ0) is 25.2. The van der Waals surface area contributed by atoms with Gasteiger partial charge in [-0.2, -0.15) is 0 Å². The maximum absolute atomic E-state index is 12.7. The standard InChI is InChI=1S/C29H43NO4/c1-16-17(2)25(34-26(33)20(30)9-10-23(31)32)18(3)19-15-22-28(6)13-8-12-27(4,5)21(28)11-14-29(22,7)24(16)19/h20-22H,8-15,30H2,1-7H3,(H,31,32)/t20?,21?,22-,28+,29?/m1/s1. The van der Waals surface area contributed by atoms with E-state index in [0.717, 1.165) is 23.5 Å². The number of carboxylic acid groups (broad SMARTS) is 1.